The Hall–Kier alpha value is -1.64. The fourth-order valence-electron chi connectivity index (χ4n) is 3.02. The number of nitrogens with one attached hydrogen (secondary N) is 2. The van der Waals surface area contributed by atoms with Crippen LogP contribution in [0.25, 0.3) is 5.52 Å². The molecule has 25 heavy (non-hydrogen) atoms. The van der Waals surface area contributed by atoms with Gasteiger partial charge < -0.3 is 10.6 Å². The molecular formula is C16H23ClN4O3S. The fourth-order valence-corrected chi connectivity index (χ4v) is 3.80. The van der Waals surface area contributed by atoms with Crippen LogP contribution in [0.3, 0.4) is 0 Å². The predicted octanol–water partition coefficient (Wildman–Crippen LogP) is 1.28. The minimum Gasteiger partial charge on any atom is -0.350 e. The predicted molar refractivity (Wildman–Crippen MR) is 98.1 cm³/mol. The summed E-state index contributed by atoms with van der Waals surface area (Å²) < 4.78 is 25.3. The average molecular weight is 387 g/mol. The van der Waals surface area contributed by atoms with Crippen LogP contribution in [-0.4, -0.2) is 49.6 Å². The molecule has 2 aromatic heterocycles. The maximum atomic E-state index is 12.6. The number of imidazole rings is 1. The zero-order valence-electron chi connectivity index (χ0n) is 14.3. The number of carbonyl (C=O) groups is 1. The van der Waals surface area contributed by atoms with Crippen LogP contribution >= 0.6 is 12.4 Å². The Morgan fingerprint density at radius 1 is 1.36 bits per heavy atom. The Bertz CT molecular complexity index is 873. The third-order valence-corrected chi connectivity index (χ3v) is 5.50. The normalized spacial score (nSPS) is 17.0. The van der Waals surface area contributed by atoms with Crippen LogP contribution in [0.15, 0.2) is 29.6 Å². The summed E-state index contributed by atoms with van der Waals surface area (Å²) in [6.45, 7) is 4.59. The molecule has 0 aliphatic carbocycles. The van der Waals surface area contributed by atoms with E-state index in [0.29, 0.717) is 12.1 Å². The van der Waals surface area contributed by atoms with Crippen molar-refractivity contribution in [3.63, 3.8) is 0 Å². The van der Waals surface area contributed by atoms with Gasteiger partial charge in [-0.1, -0.05) is 13.0 Å². The maximum absolute atomic E-state index is 12.6. The monoisotopic (exact) mass is 386 g/mol. The van der Waals surface area contributed by atoms with Crippen molar-refractivity contribution in [3.05, 3.63) is 30.1 Å². The lowest BCUT2D eigenvalue weighted by Crippen LogP contribution is -2.43. The number of rotatable bonds is 4. The molecule has 0 radical (unpaired) electrons. The van der Waals surface area contributed by atoms with Crippen molar-refractivity contribution >= 4 is 33.7 Å². The number of hydrogen-bond acceptors (Lipinski definition) is 5. The molecule has 0 saturated carbocycles. The largest absolute Gasteiger partial charge is 0.350 e. The number of amides is 1. The van der Waals surface area contributed by atoms with Gasteiger partial charge in [-0.3, -0.25) is 9.20 Å². The second-order valence-electron chi connectivity index (χ2n) is 6.71. The van der Waals surface area contributed by atoms with Crippen molar-refractivity contribution in [1.29, 1.82) is 0 Å². The van der Waals surface area contributed by atoms with E-state index in [1.165, 1.54) is 4.40 Å². The second kappa shape index (κ2) is 7.31. The summed E-state index contributed by atoms with van der Waals surface area (Å²) in [6.07, 6.45) is 4.67. The van der Waals surface area contributed by atoms with E-state index in [4.69, 9.17) is 0 Å². The molecule has 1 aliphatic heterocycles. The van der Waals surface area contributed by atoms with Gasteiger partial charge in [-0.25, -0.2) is 13.4 Å². The number of nitrogens with zero attached hydrogens (tertiary/aromatic N) is 2. The topological polar surface area (TPSA) is 92.6 Å². The van der Waals surface area contributed by atoms with Gasteiger partial charge in [-0.05, 0) is 43.5 Å². The highest BCUT2D eigenvalue weighted by Gasteiger charge is 2.28. The van der Waals surface area contributed by atoms with Crippen molar-refractivity contribution in [1.82, 2.24) is 20.0 Å². The molecule has 0 aromatic carbocycles. The van der Waals surface area contributed by atoms with E-state index in [-0.39, 0.29) is 34.6 Å². The number of carbonyl (C=O) groups excluding carboxylic acids is 1. The Morgan fingerprint density at radius 3 is 2.68 bits per heavy atom. The molecule has 0 atom stereocenters. The van der Waals surface area contributed by atoms with Gasteiger partial charge in [0.2, 0.25) is 15.0 Å². The highest BCUT2D eigenvalue weighted by Crippen LogP contribution is 2.27. The first-order valence-electron chi connectivity index (χ1n) is 7.96. The molecule has 0 bridgehead atoms. The minimum absolute atomic E-state index is 0. The molecule has 1 fully saturated rings. The summed E-state index contributed by atoms with van der Waals surface area (Å²) >= 11 is 0. The van der Waals surface area contributed by atoms with Crippen molar-refractivity contribution < 1.29 is 13.2 Å². The molecule has 3 rings (SSSR count). The number of sulfone groups is 1. The minimum atomic E-state index is -3.53. The van der Waals surface area contributed by atoms with E-state index < -0.39 is 9.84 Å². The van der Waals surface area contributed by atoms with Gasteiger partial charge in [0.1, 0.15) is 0 Å². The van der Waals surface area contributed by atoms with Gasteiger partial charge in [-0.2, -0.15) is 0 Å². The van der Waals surface area contributed by atoms with E-state index >= 15 is 0 Å². The number of pyridine rings is 1. The van der Waals surface area contributed by atoms with Gasteiger partial charge in [0, 0.05) is 19.0 Å². The van der Waals surface area contributed by atoms with Crippen LogP contribution in [0.4, 0.5) is 0 Å². The van der Waals surface area contributed by atoms with Crippen LogP contribution in [0.2, 0.25) is 0 Å². The number of halogens is 1. The molecule has 2 aromatic rings. The summed E-state index contributed by atoms with van der Waals surface area (Å²) in [5.74, 6) is -0.339. The lowest BCUT2D eigenvalue weighted by atomic mass is 9.81. The molecule has 1 amide bonds. The Morgan fingerprint density at radius 2 is 2.04 bits per heavy atom. The molecule has 7 nitrogen and oxygen atoms in total. The van der Waals surface area contributed by atoms with Crippen LogP contribution < -0.4 is 10.6 Å². The maximum Gasteiger partial charge on any atom is 0.272 e. The standard InChI is InChI=1S/C16H22N4O3S.ClH/c1-16(6-8-17-9-7-16)11-18-14(21)13-12-5-3-4-10-20(12)15(19-13)24(2,22)23;/h3-5,10,17H,6-9,11H2,1-2H3,(H,18,21);1H. The first-order valence-corrected chi connectivity index (χ1v) is 9.85. The molecule has 2 N–H and O–H groups in total. The van der Waals surface area contributed by atoms with Crippen molar-refractivity contribution in [2.24, 2.45) is 5.41 Å². The summed E-state index contributed by atoms with van der Waals surface area (Å²) in [6, 6.07) is 5.16. The van der Waals surface area contributed by atoms with E-state index in [9.17, 15) is 13.2 Å². The summed E-state index contributed by atoms with van der Waals surface area (Å²) in [5.41, 5.74) is 0.690. The van der Waals surface area contributed by atoms with Crippen LogP contribution in [-0.2, 0) is 9.84 Å². The quantitative estimate of drug-likeness (QED) is 0.825. The van der Waals surface area contributed by atoms with Crippen LogP contribution in [0.5, 0.6) is 0 Å². The van der Waals surface area contributed by atoms with Gasteiger partial charge in [-0.15, -0.1) is 12.4 Å². The van der Waals surface area contributed by atoms with Crippen LogP contribution in [0.1, 0.15) is 30.3 Å². The number of hydrogen-bond donors (Lipinski definition) is 2. The molecule has 0 unspecified atom stereocenters. The van der Waals surface area contributed by atoms with Crippen LogP contribution in [0, 0.1) is 5.41 Å². The zero-order chi connectivity index (χ0) is 17.4. The highest BCUT2D eigenvalue weighted by molar-refractivity contribution is 7.90. The molecule has 1 aliphatic rings. The lowest BCUT2D eigenvalue weighted by Gasteiger charge is -2.34. The molecule has 1 saturated heterocycles. The van der Waals surface area contributed by atoms with Gasteiger partial charge >= 0.3 is 0 Å². The van der Waals surface area contributed by atoms with Gasteiger partial charge in [0.05, 0.1) is 5.52 Å². The van der Waals surface area contributed by atoms with E-state index in [0.717, 1.165) is 32.2 Å². The zero-order valence-corrected chi connectivity index (χ0v) is 15.9. The van der Waals surface area contributed by atoms with Crippen molar-refractivity contribution in [2.75, 3.05) is 25.9 Å². The lowest BCUT2D eigenvalue weighted by molar-refractivity contribution is 0.0919. The van der Waals surface area contributed by atoms with Crippen molar-refractivity contribution in [3.8, 4) is 0 Å². The smallest absolute Gasteiger partial charge is 0.272 e. The van der Waals surface area contributed by atoms with Gasteiger partial charge in [0.25, 0.3) is 5.91 Å². The third kappa shape index (κ3) is 4.13. The second-order valence-corrected chi connectivity index (χ2v) is 8.62. The highest BCUT2D eigenvalue weighted by atomic mass is 35.5. The van der Waals surface area contributed by atoms with Gasteiger partial charge in [0.15, 0.2) is 5.69 Å². The summed E-state index contributed by atoms with van der Waals surface area (Å²) in [7, 11) is -3.53. The first-order chi connectivity index (χ1) is 11.3. The van der Waals surface area contributed by atoms with E-state index in [1.807, 2.05) is 0 Å². The molecule has 138 valence electrons. The molecule has 0 spiro atoms. The van der Waals surface area contributed by atoms with E-state index in [2.05, 4.69) is 22.5 Å². The number of fused-ring (bicyclic) bond motifs is 1. The Kier molecular flexibility index (Phi) is 5.75. The Balaban J connectivity index is 0.00000225. The van der Waals surface area contributed by atoms with E-state index in [1.54, 1.807) is 24.4 Å². The fraction of sp³-hybridized carbons (Fsp3) is 0.500. The van der Waals surface area contributed by atoms with Crippen molar-refractivity contribution in [2.45, 2.75) is 24.9 Å². The molecular weight excluding hydrogens is 364 g/mol. The number of aromatic nitrogens is 2. The third-order valence-electron chi connectivity index (χ3n) is 4.55. The molecule has 9 heteroatoms. The molecule has 3 heterocycles. The summed E-state index contributed by atoms with van der Waals surface area (Å²) in [5, 5.41) is 6.12. The SMILES string of the molecule is CC1(CNC(=O)c2nc(S(C)(=O)=O)n3ccccc23)CCNCC1.Cl. The Labute approximate surface area is 153 Å². The first kappa shape index (κ1) is 19.7. The summed E-state index contributed by atoms with van der Waals surface area (Å²) in [4.78, 5) is 16.7. The number of piperidine rings is 1. The average Bonchev–Trinajstić information content (AvgIpc) is 2.93.